The number of rotatable bonds is 14. The van der Waals surface area contributed by atoms with Crippen LogP contribution in [0.4, 0.5) is 0 Å². The largest absolute Gasteiger partial charge is 0.372 e. The minimum Gasteiger partial charge on any atom is -0.372 e. The summed E-state index contributed by atoms with van der Waals surface area (Å²) in [6.45, 7) is 8.11. The van der Waals surface area contributed by atoms with Crippen LogP contribution in [-0.4, -0.2) is 63.9 Å². The van der Waals surface area contributed by atoms with Gasteiger partial charge in [0.15, 0.2) is 12.6 Å². The number of hydrogen-bond acceptors (Lipinski definition) is 6. The molecule has 1 heterocycles. The molecule has 0 unspecified atom stereocenters. The summed E-state index contributed by atoms with van der Waals surface area (Å²) in [5.74, 6) is 0. The first kappa shape index (κ1) is 22.5. The average Bonchev–Trinajstić information content (AvgIpc) is 2.63. The highest BCUT2D eigenvalue weighted by Crippen LogP contribution is 2.28. The molecule has 0 bridgehead atoms. The highest BCUT2D eigenvalue weighted by molar-refractivity contribution is 5.57. The van der Waals surface area contributed by atoms with Gasteiger partial charge in [0.2, 0.25) is 0 Å². The van der Waals surface area contributed by atoms with E-state index in [0.717, 1.165) is 44.8 Å². The lowest BCUT2D eigenvalue weighted by molar-refractivity contribution is -0.304. The molecule has 0 aliphatic carbocycles. The number of aldehydes is 1. The Labute approximate surface area is 152 Å². The van der Waals surface area contributed by atoms with Crippen LogP contribution < -0.4 is 0 Å². The second-order valence-electron chi connectivity index (χ2n) is 6.41. The molecule has 0 aromatic carbocycles. The number of carbonyl (C=O) groups is 1. The zero-order chi connectivity index (χ0) is 18.5. The third-order valence-electron chi connectivity index (χ3n) is 4.32. The molecule has 5 atom stereocenters. The van der Waals surface area contributed by atoms with E-state index in [2.05, 4.69) is 20.8 Å². The Hall–Kier alpha value is -0.530. The number of methoxy groups -OCH3 is 1. The second-order valence-corrected chi connectivity index (χ2v) is 6.41. The highest BCUT2D eigenvalue weighted by atomic mass is 16.7. The van der Waals surface area contributed by atoms with E-state index in [4.69, 9.17) is 23.7 Å². The lowest BCUT2D eigenvalue weighted by atomic mass is 9.98. The molecule has 0 N–H and O–H groups in total. The fourth-order valence-electron chi connectivity index (χ4n) is 2.78. The van der Waals surface area contributed by atoms with Gasteiger partial charge in [-0.2, -0.15) is 0 Å². The standard InChI is InChI=1S/C19H36O6/c1-5-8-11-22-16-15(14-20)25-19(21-4)18(24-13-10-7-3)17(16)23-12-9-6-2/h14-19H,5-13H2,1-4H3/t15-,16-,17+,18-,19+/m1/s1. The highest BCUT2D eigenvalue weighted by Gasteiger charge is 2.48. The van der Waals surface area contributed by atoms with Crippen molar-refractivity contribution in [2.24, 2.45) is 0 Å². The van der Waals surface area contributed by atoms with Crippen LogP contribution in [-0.2, 0) is 28.5 Å². The molecule has 6 nitrogen and oxygen atoms in total. The van der Waals surface area contributed by atoms with Crippen molar-refractivity contribution >= 4 is 6.29 Å². The maximum Gasteiger partial charge on any atom is 0.187 e. The van der Waals surface area contributed by atoms with Crippen molar-refractivity contribution in [2.45, 2.75) is 90.0 Å². The van der Waals surface area contributed by atoms with Crippen LogP contribution in [0.15, 0.2) is 0 Å². The van der Waals surface area contributed by atoms with Crippen molar-refractivity contribution in [3.8, 4) is 0 Å². The van der Waals surface area contributed by atoms with Crippen molar-refractivity contribution in [1.82, 2.24) is 0 Å². The van der Waals surface area contributed by atoms with Crippen LogP contribution in [0.3, 0.4) is 0 Å². The Morgan fingerprint density at radius 2 is 1.28 bits per heavy atom. The summed E-state index contributed by atoms with van der Waals surface area (Å²) in [6, 6.07) is 0. The molecule has 25 heavy (non-hydrogen) atoms. The molecule has 1 fully saturated rings. The molecule has 0 aromatic rings. The van der Waals surface area contributed by atoms with Crippen LogP contribution in [0.1, 0.15) is 59.3 Å². The molecule has 1 aliphatic heterocycles. The Kier molecular flexibility index (Phi) is 12.3. The maximum atomic E-state index is 11.6. The molecule has 1 saturated heterocycles. The molecule has 6 heteroatoms. The van der Waals surface area contributed by atoms with Crippen molar-refractivity contribution in [3.05, 3.63) is 0 Å². The van der Waals surface area contributed by atoms with Crippen molar-refractivity contribution in [2.75, 3.05) is 26.9 Å². The lowest BCUT2D eigenvalue weighted by Crippen LogP contribution is -2.61. The maximum absolute atomic E-state index is 11.6. The first-order valence-corrected chi connectivity index (χ1v) is 9.71. The van der Waals surface area contributed by atoms with Crippen LogP contribution in [0.25, 0.3) is 0 Å². The van der Waals surface area contributed by atoms with E-state index in [-0.39, 0.29) is 6.10 Å². The van der Waals surface area contributed by atoms with Crippen LogP contribution in [0.2, 0.25) is 0 Å². The van der Waals surface area contributed by atoms with Gasteiger partial charge in [-0.1, -0.05) is 40.0 Å². The molecule has 1 rings (SSSR count). The van der Waals surface area contributed by atoms with E-state index < -0.39 is 24.6 Å². The predicted octanol–water partition coefficient (Wildman–Crippen LogP) is 3.11. The summed E-state index contributed by atoms with van der Waals surface area (Å²) in [7, 11) is 1.56. The van der Waals surface area contributed by atoms with E-state index in [1.54, 1.807) is 7.11 Å². The van der Waals surface area contributed by atoms with Gasteiger partial charge in [0.1, 0.15) is 24.4 Å². The summed E-state index contributed by atoms with van der Waals surface area (Å²) in [5.41, 5.74) is 0. The molecular formula is C19H36O6. The zero-order valence-corrected chi connectivity index (χ0v) is 16.3. The topological polar surface area (TPSA) is 63.2 Å². The Balaban J connectivity index is 2.89. The number of ether oxygens (including phenoxy) is 5. The van der Waals surface area contributed by atoms with Crippen molar-refractivity contribution in [1.29, 1.82) is 0 Å². The van der Waals surface area contributed by atoms with Crippen LogP contribution in [0, 0.1) is 0 Å². The summed E-state index contributed by atoms with van der Waals surface area (Å²) in [6.07, 6.45) is 4.11. The summed E-state index contributed by atoms with van der Waals surface area (Å²) in [4.78, 5) is 11.6. The summed E-state index contributed by atoms with van der Waals surface area (Å²) < 4.78 is 29.3. The second kappa shape index (κ2) is 13.6. The van der Waals surface area contributed by atoms with Gasteiger partial charge in [0, 0.05) is 26.9 Å². The molecular weight excluding hydrogens is 324 g/mol. The number of carbonyl (C=O) groups excluding carboxylic acids is 1. The third kappa shape index (κ3) is 7.31. The minimum absolute atomic E-state index is 0.380. The molecule has 148 valence electrons. The van der Waals surface area contributed by atoms with Gasteiger partial charge >= 0.3 is 0 Å². The monoisotopic (exact) mass is 360 g/mol. The molecule has 0 radical (unpaired) electrons. The van der Waals surface area contributed by atoms with Gasteiger partial charge in [0.05, 0.1) is 0 Å². The van der Waals surface area contributed by atoms with E-state index in [9.17, 15) is 4.79 Å². The molecule has 0 aromatic heterocycles. The SMILES string of the molecule is CCCCO[C@@H]1[C@@H](OCCCC)[C@@H](OC)O[C@H](C=O)[C@H]1OCCCC. The summed E-state index contributed by atoms with van der Waals surface area (Å²) >= 11 is 0. The van der Waals surface area contributed by atoms with Gasteiger partial charge in [-0.15, -0.1) is 0 Å². The number of hydrogen-bond donors (Lipinski definition) is 0. The Morgan fingerprint density at radius 3 is 1.72 bits per heavy atom. The third-order valence-corrected chi connectivity index (χ3v) is 4.32. The molecule has 0 saturated carbocycles. The van der Waals surface area contributed by atoms with Gasteiger partial charge < -0.3 is 28.5 Å². The van der Waals surface area contributed by atoms with Crippen molar-refractivity contribution < 1.29 is 28.5 Å². The van der Waals surface area contributed by atoms with E-state index in [1.807, 2.05) is 0 Å². The number of unbranched alkanes of at least 4 members (excludes halogenated alkanes) is 3. The first-order valence-electron chi connectivity index (χ1n) is 9.71. The minimum atomic E-state index is -0.709. The lowest BCUT2D eigenvalue weighted by Gasteiger charge is -2.44. The molecule has 0 amide bonds. The summed E-state index contributed by atoms with van der Waals surface area (Å²) in [5, 5.41) is 0. The van der Waals surface area contributed by atoms with E-state index in [0.29, 0.717) is 19.8 Å². The van der Waals surface area contributed by atoms with Gasteiger partial charge in [-0.05, 0) is 19.3 Å². The van der Waals surface area contributed by atoms with Crippen molar-refractivity contribution in [3.63, 3.8) is 0 Å². The van der Waals surface area contributed by atoms with E-state index in [1.165, 1.54) is 0 Å². The predicted molar refractivity (Wildman–Crippen MR) is 95.7 cm³/mol. The van der Waals surface area contributed by atoms with Crippen LogP contribution >= 0.6 is 0 Å². The van der Waals surface area contributed by atoms with Gasteiger partial charge in [0.25, 0.3) is 0 Å². The quantitative estimate of drug-likeness (QED) is 0.350. The fourth-order valence-corrected chi connectivity index (χ4v) is 2.78. The zero-order valence-electron chi connectivity index (χ0n) is 16.3. The molecule has 0 spiro atoms. The fraction of sp³-hybridized carbons (Fsp3) is 0.947. The molecule has 1 aliphatic rings. The van der Waals surface area contributed by atoms with Crippen LogP contribution in [0.5, 0.6) is 0 Å². The Morgan fingerprint density at radius 1 is 0.800 bits per heavy atom. The smallest absolute Gasteiger partial charge is 0.187 e. The van der Waals surface area contributed by atoms with Gasteiger partial charge in [-0.3, -0.25) is 0 Å². The average molecular weight is 360 g/mol. The van der Waals surface area contributed by atoms with E-state index >= 15 is 0 Å². The normalized spacial score (nSPS) is 29.7. The Bertz CT molecular complexity index is 338. The first-order chi connectivity index (χ1) is 12.2. The van der Waals surface area contributed by atoms with Gasteiger partial charge in [-0.25, -0.2) is 0 Å².